The third-order valence-electron chi connectivity index (χ3n) is 3.13. The van der Waals surface area contributed by atoms with Crippen molar-refractivity contribution in [2.24, 2.45) is 5.16 Å². The van der Waals surface area contributed by atoms with Gasteiger partial charge in [0.05, 0.1) is 5.71 Å². The molecule has 5 nitrogen and oxygen atoms in total. The van der Waals surface area contributed by atoms with Gasteiger partial charge in [-0.15, -0.1) is 0 Å². The highest BCUT2D eigenvalue weighted by atomic mass is 19.1. The van der Waals surface area contributed by atoms with Gasteiger partial charge >= 0.3 is 0 Å². The molecule has 102 valence electrons. The lowest BCUT2D eigenvalue weighted by molar-refractivity contribution is -0.132. The molecule has 1 amide bonds. The molecule has 0 spiro atoms. The summed E-state index contributed by atoms with van der Waals surface area (Å²) in [4.78, 5) is 13.3. The maximum absolute atomic E-state index is 13.3. The Kier molecular flexibility index (Phi) is 3.69. The molecule has 0 aromatic heterocycles. The number of carbonyl (C=O) groups is 1. The summed E-state index contributed by atoms with van der Waals surface area (Å²) in [5.41, 5.74) is 0.764. The number of benzene rings is 1. The van der Waals surface area contributed by atoms with Crippen LogP contribution in [0.3, 0.4) is 0 Å². The first-order valence-electron chi connectivity index (χ1n) is 5.93. The summed E-state index contributed by atoms with van der Waals surface area (Å²) in [7, 11) is 1.69. The molecule has 6 heteroatoms. The van der Waals surface area contributed by atoms with E-state index in [-0.39, 0.29) is 11.7 Å². The van der Waals surface area contributed by atoms with E-state index in [1.807, 2.05) is 0 Å². The van der Waals surface area contributed by atoms with Gasteiger partial charge in [-0.2, -0.15) is 0 Å². The van der Waals surface area contributed by atoms with Gasteiger partial charge < -0.3 is 14.8 Å². The molecule has 1 aliphatic rings. The molecule has 0 aliphatic carbocycles. The molecule has 0 radical (unpaired) electrons. The van der Waals surface area contributed by atoms with E-state index in [2.05, 4.69) is 5.16 Å². The Morgan fingerprint density at radius 3 is 2.89 bits per heavy atom. The Labute approximate surface area is 110 Å². The van der Waals surface area contributed by atoms with Crippen LogP contribution >= 0.6 is 0 Å². The zero-order valence-corrected chi connectivity index (χ0v) is 10.8. The minimum Gasteiger partial charge on any atom is -0.480 e. The molecule has 1 unspecified atom stereocenters. The number of nitrogens with zero attached hydrogens (tertiary/aromatic N) is 2. The first kappa shape index (κ1) is 13.3. The smallest absolute Gasteiger partial charge is 0.263 e. The van der Waals surface area contributed by atoms with Crippen LogP contribution in [0.4, 0.5) is 4.39 Å². The molecule has 1 aromatic carbocycles. The summed E-state index contributed by atoms with van der Waals surface area (Å²) < 4.78 is 18.9. The Morgan fingerprint density at radius 2 is 2.32 bits per heavy atom. The average molecular weight is 266 g/mol. The van der Waals surface area contributed by atoms with Gasteiger partial charge in [0.25, 0.3) is 5.91 Å². The highest BCUT2D eigenvalue weighted by Crippen LogP contribution is 2.25. The standard InChI is InChI=1S/C13H15FN2O3/c1-8(15-18)10-4-3-9(14)7-12(10)19-11-5-6-16(2)13(11)17/h3-4,7,11,18H,5-6H2,1-2H3. The summed E-state index contributed by atoms with van der Waals surface area (Å²) in [6, 6.07) is 3.90. The van der Waals surface area contributed by atoms with Gasteiger partial charge in [-0.3, -0.25) is 4.79 Å². The predicted molar refractivity (Wildman–Crippen MR) is 67.1 cm³/mol. The fourth-order valence-corrected chi connectivity index (χ4v) is 2.00. The fraction of sp³-hybridized carbons (Fsp3) is 0.385. The fourth-order valence-electron chi connectivity index (χ4n) is 2.00. The van der Waals surface area contributed by atoms with Crippen molar-refractivity contribution in [3.05, 3.63) is 29.6 Å². The van der Waals surface area contributed by atoms with Crippen molar-refractivity contribution in [2.45, 2.75) is 19.4 Å². The molecule has 1 saturated heterocycles. The van der Waals surface area contributed by atoms with Crippen molar-refractivity contribution in [1.82, 2.24) is 4.90 Å². The van der Waals surface area contributed by atoms with Crippen LogP contribution in [-0.2, 0) is 4.79 Å². The predicted octanol–water partition coefficient (Wildman–Crippen LogP) is 1.63. The van der Waals surface area contributed by atoms with Crippen molar-refractivity contribution in [3.8, 4) is 5.75 Å². The van der Waals surface area contributed by atoms with E-state index in [1.54, 1.807) is 18.9 Å². The third kappa shape index (κ3) is 2.67. The van der Waals surface area contributed by atoms with Crippen molar-refractivity contribution >= 4 is 11.6 Å². The number of halogens is 1. The van der Waals surface area contributed by atoms with Crippen molar-refractivity contribution < 1.29 is 19.1 Å². The second-order valence-electron chi connectivity index (χ2n) is 4.48. The van der Waals surface area contributed by atoms with E-state index < -0.39 is 11.9 Å². The van der Waals surface area contributed by atoms with Crippen LogP contribution < -0.4 is 4.74 Å². The van der Waals surface area contributed by atoms with Crippen LogP contribution in [0.2, 0.25) is 0 Å². The number of amides is 1. The normalized spacial score (nSPS) is 19.9. The van der Waals surface area contributed by atoms with Crippen LogP contribution in [-0.4, -0.2) is 41.4 Å². The molecule has 1 atom stereocenters. The second kappa shape index (κ2) is 5.26. The van der Waals surface area contributed by atoms with E-state index in [9.17, 15) is 9.18 Å². The Morgan fingerprint density at radius 1 is 1.58 bits per heavy atom. The van der Waals surface area contributed by atoms with Gasteiger partial charge in [0.2, 0.25) is 0 Å². The number of likely N-dealkylation sites (tertiary alicyclic amines) is 1. The van der Waals surface area contributed by atoms with Gasteiger partial charge in [-0.1, -0.05) is 5.16 Å². The highest BCUT2D eigenvalue weighted by Gasteiger charge is 2.31. The maximum Gasteiger partial charge on any atom is 0.263 e. The molecule has 0 saturated carbocycles. The Hall–Kier alpha value is -2.11. The van der Waals surface area contributed by atoms with E-state index in [1.165, 1.54) is 18.2 Å². The van der Waals surface area contributed by atoms with E-state index in [4.69, 9.17) is 9.94 Å². The lowest BCUT2D eigenvalue weighted by Gasteiger charge is -2.15. The number of ether oxygens (including phenoxy) is 1. The molecule has 2 rings (SSSR count). The number of oxime groups is 1. The van der Waals surface area contributed by atoms with Gasteiger partial charge in [0, 0.05) is 31.6 Å². The SMILES string of the molecule is CC(=NO)c1ccc(F)cc1OC1CCN(C)C1=O. The Bertz CT molecular complexity index is 531. The first-order chi connectivity index (χ1) is 9.02. The molecule has 1 aliphatic heterocycles. The number of hydrogen-bond donors (Lipinski definition) is 1. The molecule has 1 N–H and O–H groups in total. The lowest BCUT2D eigenvalue weighted by atomic mass is 10.1. The number of likely N-dealkylation sites (N-methyl/N-ethyl adjacent to an activating group) is 1. The summed E-state index contributed by atoms with van der Waals surface area (Å²) in [6.07, 6.45) is -0.0577. The van der Waals surface area contributed by atoms with Crippen LogP contribution in [0.15, 0.2) is 23.4 Å². The molecular formula is C13H15FN2O3. The minimum absolute atomic E-state index is 0.131. The summed E-state index contributed by atoms with van der Waals surface area (Å²) in [5, 5.41) is 11.9. The molecular weight excluding hydrogens is 251 g/mol. The number of carbonyl (C=O) groups excluding carboxylic acids is 1. The molecule has 19 heavy (non-hydrogen) atoms. The average Bonchev–Trinajstić information content (AvgIpc) is 2.70. The third-order valence-corrected chi connectivity index (χ3v) is 3.13. The monoisotopic (exact) mass is 266 g/mol. The first-order valence-corrected chi connectivity index (χ1v) is 5.93. The van der Waals surface area contributed by atoms with E-state index in [0.717, 1.165) is 0 Å². The van der Waals surface area contributed by atoms with Crippen molar-refractivity contribution in [2.75, 3.05) is 13.6 Å². The zero-order valence-electron chi connectivity index (χ0n) is 10.8. The number of rotatable bonds is 3. The summed E-state index contributed by atoms with van der Waals surface area (Å²) >= 11 is 0. The summed E-state index contributed by atoms with van der Waals surface area (Å²) in [6.45, 7) is 2.18. The van der Waals surface area contributed by atoms with Gasteiger partial charge in [0.1, 0.15) is 11.6 Å². The minimum atomic E-state index is -0.614. The van der Waals surface area contributed by atoms with Crippen LogP contribution in [0.5, 0.6) is 5.75 Å². The molecule has 0 bridgehead atoms. The summed E-state index contributed by atoms with van der Waals surface area (Å²) in [5.74, 6) is -0.388. The largest absolute Gasteiger partial charge is 0.480 e. The Balaban J connectivity index is 2.29. The van der Waals surface area contributed by atoms with E-state index in [0.29, 0.717) is 24.2 Å². The van der Waals surface area contributed by atoms with Crippen LogP contribution in [0.25, 0.3) is 0 Å². The molecule has 1 heterocycles. The quantitative estimate of drug-likeness (QED) is 0.514. The van der Waals surface area contributed by atoms with Crippen LogP contribution in [0.1, 0.15) is 18.9 Å². The lowest BCUT2D eigenvalue weighted by Crippen LogP contribution is -2.29. The highest BCUT2D eigenvalue weighted by molar-refractivity contribution is 6.00. The van der Waals surface area contributed by atoms with E-state index >= 15 is 0 Å². The second-order valence-corrected chi connectivity index (χ2v) is 4.48. The molecule has 1 fully saturated rings. The zero-order chi connectivity index (χ0) is 14.0. The number of hydrogen-bond acceptors (Lipinski definition) is 4. The van der Waals surface area contributed by atoms with Gasteiger partial charge in [-0.05, 0) is 19.1 Å². The van der Waals surface area contributed by atoms with Crippen LogP contribution in [0, 0.1) is 5.82 Å². The van der Waals surface area contributed by atoms with Crippen molar-refractivity contribution in [3.63, 3.8) is 0 Å². The molecule has 1 aromatic rings. The van der Waals surface area contributed by atoms with Gasteiger partial charge in [0.15, 0.2) is 6.10 Å². The van der Waals surface area contributed by atoms with Gasteiger partial charge in [-0.25, -0.2) is 4.39 Å². The van der Waals surface area contributed by atoms with Crippen molar-refractivity contribution in [1.29, 1.82) is 0 Å². The maximum atomic E-state index is 13.3. The topological polar surface area (TPSA) is 62.1 Å².